The van der Waals surface area contributed by atoms with Gasteiger partial charge in [-0.15, -0.1) is 0 Å². The quantitative estimate of drug-likeness (QED) is 0.469. The largest absolute Gasteiger partial charge is 0.504 e. The molecule has 0 bridgehead atoms. The van der Waals surface area contributed by atoms with Crippen LogP contribution in [0.5, 0.6) is 17.2 Å². The van der Waals surface area contributed by atoms with Gasteiger partial charge < -0.3 is 14.6 Å². The number of phenols is 1. The number of halogens is 1. The van der Waals surface area contributed by atoms with E-state index in [2.05, 4.69) is 10.5 Å². The van der Waals surface area contributed by atoms with Crippen LogP contribution in [0.25, 0.3) is 0 Å². The number of nitro groups is 1. The Morgan fingerprint density at radius 2 is 1.96 bits per heavy atom. The monoisotopic (exact) mass is 351 g/mol. The van der Waals surface area contributed by atoms with Crippen molar-refractivity contribution in [3.8, 4) is 17.2 Å². The van der Waals surface area contributed by atoms with Crippen molar-refractivity contribution < 1.29 is 19.5 Å². The van der Waals surface area contributed by atoms with Crippen molar-refractivity contribution in [2.45, 2.75) is 0 Å². The summed E-state index contributed by atoms with van der Waals surface area (Å²) in [4.78, 5) is 10.3. The van der Waals surface area contributed by atoms with Crippen LogP contribution in [0, 0.1) is 10.1 Å². The number of hydrogen-bond donors (Lipinski definition) is 2. The first-order valence-corrected chi connectivity index (χ1v) is 7.02. The van der Waals surface area contributed by atoms with E-state index in [1.165, 1.54) is 26.5 Å². The number of anilines is 1. The SMILES string of the molecule is COc1ccc(N/N=C/c2cc([N+](=O)[O-])cc(OC)c2O)cc1Cl. The third kappa shape index (κ3) is 3.85. The number of hydrazone groups is 1. The van der Waals surface area contributed by atoms with Crippen LogP contribution in [0.1, 0.15) is 5.56 Å². The highest BCUT2D eigenvalue weighted by molar-refractivity contribution is 6.32. The van der Waals surface area contributed by atoms with E-state index in [9.17, 15) is 15.2 Å². The number of non-ortho nitro benzene ring substituents is 1. The number of aromatic hydroxyl groups is 1. The van der Waals surface area contributed by atoms with Crippen molar-refractivity contribution in [1.29, 1.82) is 0 Å². The lowest BCUT2D eigenvalue weighted by molar-refractivity contribution is -0.385. The van der Waals surface area contributed by atoms with E-state index >= 15 is 0 Å². The molecule has 0 saturated heterocycles. The molecule has 2 N–H and O–H groups in total. The number of nitrogens with one attached hydrogen (secondary N) is 1. The van der Waals surface area contributed by atoms with Crippen molar-refractivity contribution in [3.05, 3.63) is 51.0 Å². The summed E-state index contributed by atoms with van der Waals surface area (Å²) in [7, 11) is 2.81. The fourth-order valence-corrected chi connectivity index (χ4v) is 2.14. The molecular formula is C15H14ClN3O5. The summed E-state index contributed by atoms with van der Waals surface area (Å²) in [6.45, 7) is 0. The van der Waals surface area contributed by atoms with Gasteiger partial charge in [0.1, 0.15) is 5.75 Å². The average molecular weight is 352 g/mol. The minimum absolute atomic E-state index is 0.0156. The van der Waals surface area contributed by atoms with E-state index in [-0.39, 0.29) is 22.7 Å². The number of hydrogen-bond acceptors (Lipinski definition) is 7. The maximum absolute atomic E-state index is 10.9. The molecule has 0 aliphatic heterocycles. The summed E-state index contributed by atoms with van der Waals surface area (Å²) in [6.07, 6.45) is 1.24. The van der Waals surface area contributed by atoms with Gasteiger partial charge in [0.2, 0.25) is 0 Å². The normalized spacial score (nSPS) is 10.6. The fraction of sp³-hybridized carbons (Fsp3) is 0.133. The van der Waals surface area contributed by atoms with Gasteiger partial charge in [-0.2, -0.15) is 5.10 Å². The lowest BCUT2D eigenvalue weighted by Crippen LogP contribution is -1.96. The van der Waals surface area contributed by atoms with Crippen molar-refractivity contribution >= 4 is 29.2 Å². The predicted octanol–water partition coefficient (Wildman–Crippen LogP) is 3.42. The van der Waals surface area contributed by atoms with Gasteiger partial charge in [-0.05, 0) is 18.2 Å². The Balaban J connectivity index is 2.24. The molecule has 2 aromatic rings. The molecule has 9 heteroatoms. The number of nitro benzene ring substituents is 1. The number of ether oxygens (including phenoxy) is 2. The van der Waals surface area contributed by atoms with Gasteiger partial charge in [-0.25, -0.2) is 0 Å². The highest BCUT2D eigenvalue weighted by atomic mass is 35.5. The minimum atomic E-state index is -0.587. The molecule has 0 fully saturated rings. The molecular weight excluding hydrogens is 338 g/mol. The molecule has 2 aromatic carbocycles. The van der Waals surface area contributed by atoms with Gasteiger partial charge in [-0.1, -0.05) is 11.6 Å². The highest BCUT2D eigenvalue weighted by Crippen LogP contribution is 2.33. The Kier molecular flexibility index (Phi) is 5.43. The fourth-order valence-electron chi connectivity index (χ4n) is 1.89. The lowest BCUT2D eigenvalue weighted by Gasteiger charge is -2.07. The first-order chi connectivity index (χ1) is 11.5. The number of benzene rings is 2. The summed E-state index contributed by atoms with van der Waals surface area (Å²) in [5.41, 5.74) is 3.19. The molecule has 2 rings (SSSR count). The molecule has 0 atom stereocenters. The lowest BCUT2D eigenvalue weighted by atomic mass is 10.2. The van der Waals surface area contributed by atoms with Crippen LogP contribution in [-0.4, -0.2) is 30.5 Å². The molecule has 0 aliphatic carbocycles. The van der Waals surface area contributed by atoms with E-state index in [0.717, 1.165) is 6.07 Å². The summed E-state index contributed by atoms with van der Waals surface area (Å²) in [6, 6.07) is 7.27. The van der Waals surface area contributed by atoms with E-state index < -0.39 is 4.92 Å². The number of methoxy groups -OCH3 is 2. The van der Waals surface area contributed by atoms with E-state index in [1.807, 2.05) is 0 Å². The molecule has 0 unspecified atom stereocenters. The standard InChI is InChI=1S/C15H14ClN3O5/c1-23-13-4-3-10(6-12(13)16)18-17-8-9-5-11(19(21)22)7-14(24-2)15(9)20/h3-8,18,20H,1-2H3/b17-8+. The summed E-state index contributed by atoms with van der Waals surface area (Å²) >= 11 is 6.00. The Labute approximate surface area is 142 Å². The van der Waals surface area contributed by atoms with Gasteiger partial charge in [0.15, 0.2) is 11.5 Å². The third-order valence-electron chi connectivity index (χ3n) is 3.07. The molecule has 8 nitrogen and oxygen atoms in total. The zero-order valence-corrected chi connectivity index (χ0v) is 13.6. The predicted molar refractivity (Wildman–Crippen MR) is 90.5 cm³/mol. The molecule has 0 radical (unpaired) electrons. The Morgan fingerprint density at radius 1 is 1.25 bits per heavy atom. The second-order valence-corrected chi connectivity index (χ2v) is 4.97. The molecule has 0 saturated carbocycles. The number of phenolic OH excluding ortho intramolecular Hbond substituents is 1. The first-order valence-electron chi connectivity index (χ1n) is 6.64. The van der Waals surface area contributed by atoms with Crippen LogP contribution in [-0.2, 0) is 0 Å². The van der Waals surface area contributed by atoms with Crippen LogP contribution in [0.2, 0.25) is 5.02 Å². The van der Waals surface area contributed by atoms with Crippen LogP contribution in [0.4, 0.5) is 11.4 Å². The summed E-state index contributed by atoms with van der Waals surface area (Å²) < 4.78 is 9.96. The smallest absolute Gasteiger partial charge is 0.274 e. The zero-order chi connectivity index (χ0) is 17.7. The number of nitrogens with zero attached hydrogens (tertiary/aromatic N) is 2. The number of rotatable bonds is 6. The molecule has 0 aliphatic rings. The summed E-state index contributed by atoms with van der Waals surface area (Å²) in [5, 5.41) is 25.2. The van der Waals surface area contributed by atoms with Crippen molar-refractivity contribution in [3.63, 3.8) is 0 Å². The van der Waals surface area contributed by atoms with E-state index in [4.69, 9.17) is 21.1 Å². The van der Waals surface area contributed by atoms with E-state index in [0.29, 0.717) is 16.5 Å². The van der Waals surface area contributed by atoms with Gasteiger partial charge in [0, 0.05) is 11.6 Å². The average Bonchev–Trinajstić information content (AvgIpc) is 2.56. The molecule has 126 valence electrons. The van der Waals surface area contributed by atoms with Crippen LogP contribution < -0.4 is 14.9 Å². The van der Waals surface area contributed by atoms with E-state index in [1.54, 1.807) is 18.2 Å². The second kappa shape index (κ2) is 7.51. The van der Waals surface area contributed by atoms with Gasteiger partial charge in [0.25, 0.3) is 5.69 Å². The molecule has 0 amide bonds. The topological polar surface area (TPSA) is 106 Å². The highest BCUT2D eigenvalue weighted by Gasteiger charge is 2.15. The van der Waals surface area contributed by atoms with Crippen LogP contribution in [0.3, 0.4) is 0 Å². The van der Waals surface area contributed by atoms with Gasteiger partial charge >= 0.3 is 0 Å². The maximum atomic E-state index is 10.9. The van der Waals surface area contributed by atoms with Crippen LogP contribution >= 0.6 is 11.6 Å². The molecule has 0 aromatic heterocycles. The van der Waals surface area contributed by atoms with Crippen molar-refractivity contribution in [2.75, 3.05) is 19.6 Å². The third-order valence-corrected chi connectivity index (χ3v) is 3.36. The Morgan fingerprint density at radius 3 is 2.54 bits per heavy atom. The Hall–Kier alpha value is -3.00. The zero-order valence-electron chi connectivity index (χ0n) is 12.8. The van der Waals surface area contributed by atoms with Crippen molar-refractivity contribution in [2.24, 2.45) is 5.10 Å². The molecule has 24 heavy (non-hydrogen) atoms. The molecule has 0 spiro atoms. The minimum Gasteiger partial charge on any atom is -0.504 e. The second-order valence-electron chi connectivity index (χ2n) is 4.56. The summed E-state index contributed by atoms with van der Waals surface area (Å²) in [5.74, 6) is 0.256. The first kappa shape index (κ1) is 17.4. The van der Waals surface area contributed by atoms with Gasteiger partial charge in [-0.3, -0.25) is 15.5 Å². The molecule has 0 heterocycles. The Bertz CT molecular complexity index is 795. The van der Waals surface area contributed by atoms with Crippen molar-refractivity contribution in [1.82, 2.24) is 0 Å². The van der Waals surface area contributed by atoms with Crippen LogP contribution in [0.15, 0.2) is 35.4 Å². The van der Waals surface area contributed by atoms with Gasteiger partial charge in [0.05, 0.1) is 42.1 Å². The maximum Gasteiger partial charge on any atom is 0.274 e.